The number of carboxylic acid groups (broad SMARTS) is 1. The summed E-state index contributed by atoms with van der Waals surface area (Å²) >= 11 is 1.09. The molecule has 31 heavy (non-hydrogen) atoms. The number of carboxylic acids is 1. The van der Waals surface area contributed by atoms with Crippen LogP contribution in [0.4, 0.5) is 5.00 Å². The van der Waals surface area contributed by atoms with Crippen LogP contribution in [0.15, 0.2) is 47.1 Å². The summed E-state index contributed by atoms with van der Waals surface area (Å²) in [5.74, 6) is -1.12. The van der Waals surface area contributed by atoms with Crippen molar-refractivity contribution in [3.8, 4) is 0 Å². The van der Waals surface area contributed by atoms with Gasteiger partial charge in [0, 0.05) is 53.9 Å². The molecule has 0 bridgehead atoms. The molecule has 3 rings (SSSR count). The van der Waals surface area contributed by atoms with Crippen LogP contribution >= 0.6 is 11.3 Å². The fourth-order valence-electron chi connectivity index (χ4n) is 3.20. The lowest BCUT2D eigenvalue weighted by Gasteiger charge is -2.28. The number of hydrogen-bond donors (Lipinski definition) is 3. The molecule has 0 aliphatic carbocycles. The van der Waals surface area contributed by atoms with Crippen molar-refractivity contribution in [3.63, 3.8) is 0 Å². The number of nitrogens with two attached hydrogens (primary N) is 1. The molecule has 0 spiro atoms. The third-order valence-corrected chi connectivity index (χ3v) is 5.70. The maximum atomic E-state index is 12.4. The molecular weight excluding hydrogens is 416 g/mol. The van der Waals surface area contributed by atoms with E-state index in [9.17, 15) is 14.7 Å². The number of aromatic nitrogens is 2. The Kier molecular flexibility index (Phi) is 7.14. The summed E-state index contributed by atoms with van der Waals surface area (Å²) in [6.07, 6.45) is 9.05. The summed E-state index contributed by atoms with van der Waals surface area (Å²) in [7, 11) is 0. The van der Waals surface area contributed by atoms with Crippen LogP contribution in [0, 0.1) is 0 Å². The maximum Gasteiger partial charge on any atom is 0.339 e. The number of likely N-dealkylation sites (tertiary alicyclic amines) is 1. The molecule has 1 aliphatic rings. The van der Waals surface area contributed by atoms with Gasteiger partial charge in [0.15, 0.2) is 0 Å². The van der Waals surface area contributed by atoms with Gasteiger partial charge in [0.1, 0.15) is 22.1 Å². The van der Waals surface area contributed by atoms with Crippen molar-refractivity contribution in [3.05, 3.63) is 58.9 Å². The first kappa shape index (κ1) is 22.2. The van der Waals surface area contributed by atoms with Crippen molar-refractivity contribution in [2.24, 2.45) is 10.7 Å². The van der Waals surface area contributed by atoms with E-state index in [0.717, 1.165) is 37.3 Å². The lowest BCUT2D eigenvalue weighted by Crippen LogP contribution is -2.27. The van der Waals surface area contributed by atoms with Gasteiger partial charge in [0.2, 0.25) is 0 Å². The zero-order valence-electron chi connectivity index (χ0n) is 17.2. The second-order valence-corrected chi connectivity index (χ2v) is 7.90. The number of nitrogens with zero attached hydrogens (tertiary/aromatic N) is 4. The van der Waals surface area contributed by atoms with Gasteiger partial charge in [-0.05, 0) is 26.2 Å². The predicted octanol–water partition coefficient (Wildman–Crippen LogP) is 3.21. The van der Waals surface area contributed by atoms with E-state index < -0.39 is 11.9 Å². The van der Waals surface area contributed by atoms with Gasteiger partial charge in [0.05, 0.1) is 6.20 Å². The van der Waals surface area contributed by atoms with Crippen LogP contribution in [0.3, 0.4) is 0 Å². The summed E-state index contributed by atoms with van der Waals surface area (Å²) in [5.41, 5.74) is 7.33. The smallest absolute Gasteiger partial charge is 0.339 e. The van der Waals surface area contributed by atoms with Gasteiger partial charge in [-0.2, -0.15) is 0 Å². The molecule has 162 valence electrons. The van der Waals surface area contributed by atoms with E-state index in [1.807, 2.05) is 0 Å². The van der Waals surface area contributed by atoms with Gasteiger partial charge < -0.3 is 21.1 Å². The number of nitrogens with one attached hydrogen (secondary N) is 1. The van der Waals surface area contributed by atoms with Gasteiger partial charge >= 0.3 is 5.97 Å². The predicted molar refractivity (Wildman–Crippen MR) is 121 cm³/mol. The number of aromatic carboxylic acids is 1. The van der Waals surface area contributed by atoms with Crippen LogP contribution in [-0.2, 0) is 0 Å². The van der Waals surface area contributed by atoms with E-state index in [1.54, 1.807) is 12.3 Å². The van der Waals surface area contributed by atoms with E-state index in [-0.39, 0.29) is 16.3 Å². The third kappa shape index (κ3) is 5.34. The number of carbonyl (C=O) groups is 2. The number of carbonyl (C=O) groups excluding carboxylic acids is 1. The number of aliphatic imine (C=N–C) groups is 1. The van der Waals surface area contributed by atoms with Crippen molar-refractivity contribution >= 4 is 40.0 Å². The Morgan fingerprint density at radius 2 is 2.06 bits per heavy atom. The Labute approximate surface area is 184 Å². The minimum absolute atomic E-state index is 0.0583. The van der Waals surface area contributed by atoms with E-state index >= 15 is 0 Å². The quantitative estimate of drug-likeness (QED) is 0.563. The van der Waals surface area contributed by atoms with E-state index in [2.05, 4.69) is 31.8 Å². The molecule has 2 aromatic heterocycles. The lowest BCUT2D eigenvalue weighted by atomic mass is 10.0. The van der Waals surface area contributed by atoms with Crippen molar-refractivity contribution in [1.29, 1.82) is 0 Å². The van der Waals surface area contributed by atoms with Crippen LogP contribution in [0.1, 0.15) is 52.6 Å². The fourth-order valence-corrected chi connectivity index (χ4v) is 4.15. The minimum Gasteiger partial charge on any atom is -0.478 e. The zero-order valence-corrected chi connectivity index (χ0v) is 18.0. The molecule has 1 fully saturated rings. The number of allylic oxidation sites excluding steroid dienone is 2. The first-order valence-electron chi connectivity index (χ1n) is 9.75. The Morgan fingerprint density at radius 3 is 2.68 bits per heavy atom. The van der Waals surface area contributed by atoms with E-state index in [4.69, 9.17) is 5.73 Å². The fraction of sp³-hybridized carbons (Fsp3) is 0.286. The molecule has 0 aromatic carbocycles. The molecule has 1 aliphatic heterocycles. The molecule has 0 saturated carbocycles. The van der Waals surface area contributed by atoms with Crippen LogP contribution in [0.5, 0.6) is 0 Å². The number of rotatable bonds is 7. The molecule has 2 aromatic rings. The van der Waals surface area contributed by atoms with Crippen molar-refractivity contribution in [2.45, 2.75) is 26.2 Å². The second kappa shape index (κ2) is 9.98. The molecule has 0 atom stereocenters. The van der Waals surface area contributed by atoms with Crippen LogP contribution in [0.25, 0.3) is 5.57 Å². The van der Waals surface area contributed by atoms with Crippen molar-refractivity contribution < 1.29 is 14.7 Å². The third-order valence-electron chi connectivity index (χ3n) is 4.81. The highest BCUT2D eigenvalue weighted by Gasteiger charge is 2.23. The number of anilines is 1. The number of hydrogen-bond acceptors (Lipinski definition) is 8. The Balaban J connectivity index is 1.88. The van der Waals surface area contributed by atoms with E-state index in [0.29, 0.717) is 22.7 Å². The topological polar surface area (TPSA) is 134 Å². The number of piperidine rings is 1. The Morgan fingerprint density at radius 1 is 1.32 bits per heavy atom. The van der Waals surface area contributed by atoms with Gasteiger partial charge in [0.25, 0.3) is 5.91 Å². The molecular formula is C21H24N6O3S. The molecule has 10 heteroatoms. The minimum atomic E-state index is -1.19. The Hall–Kier alpha value is -3.53. The molecule has 0 unspecified atom stereocenters. The Bertz CT molecular complexity index is 1030. The summed E-state index contributed by atoms with van der Waals surface area (Å²) in [5, 5.41) is 14.2. The average Bonchev–Trinajstić information content (AvgIpc) is 3.18. The summed E-state index contributed by atoms with van der Waals surface area (Å²) in [6, 6.07) is 0. The van der Waals surface area contributed by atoms with Crippen LogP contribution in [0.2, 0.25) is 0 Å². The van der Waals surface area contributed by atoms with Gasteiger partial charge in [-0.3, -0.25) is 9.78 Å². The van der Waals surface area contributed by atoms with Gasteiger partial charge in [-0.1, -0.05) is 6.58 Å². The van der Waals surface area contributed by atoms with Crippen molar-refractivity contribution in [2.75, 3.05) is 18.4 Å². The van der Waals surface area contributed by atoms with Crippen molar-refractivity contribution in [1.82, 2.24) is 14.9 Å². The summed E-state index contributed by atoms with van der Waals surface area (Å²) < 4.78 is 0. The molecule has 4 N–H and O–H groups in total. The first-order valence-corrected chi connectivity index (χ1v) is 10.6. The highest BCUT2D eigenvalue weighted by molar-refractivity contribution is 7.15. The zero-order chi connectivity index (χ0) is 22.4. The normalized spacial score (nSPS) is 14.9. The average molecular weight is 441 g/mol. The molecule has 9 nitrogen and oxygen atoms in total. The largest absolute Gasteiger partial charge is 0.478 e. The van der Waals surface area contributed by atoms with Crippen LogP contribution in [-0.4, -0.2) is 51.2 Å². The molecule has 1 amide bonds. The number of amides is 1. The SMILES string of the molecule is C=C(N=C/C(=C(/C)N)c1csc(NC(=O)c2cnccn2)c1C(=O)O)N1CCCCC1. The highest BCUT2D eigenvalue weighted by atomic mass is 32.1. The second-order valence-electron chi connectivity index (χ2n) is 7.02. The molecule has 1 saturated heterocycles. The summed E-state index contributed by atoms with van der Waals surface area (Å²) in [4.78, 5) is 38.8. The van der Waals surface area contributed by atoms with E-state index in [1.165, 1.54) is 31.2 Å². The molecule has 0 radical (unpaired) electrons. The van der Waals surface area contributed by atoms with Gasteiger partial charge in [-0.25, -0.2) is 14.8 Å². The highest BCUT2D eigenvalue weighted by Crippen LogP contribution is 2.33. The lowest BCUT2D eigenvalue weighted by molar-refractivity contribution is 0.0698. The maximum absolute atomic E-state index is 12.4. The number of thiophene rings is 1. The standard InChI is InChI=1S/C21H24N6O3S/c1-13(22)15(10-25-14(2)27-8-4-3-5-9-27)16-12-31-20(18(16)21(29)30)26-19(28)17-11-23-6-7-24-17/h6-7,10-12H,2-5,8-9,22H2,1H3,(H,26,28)(H,29,30)/b15-13+,25-10?. The van der Waals surface area contributed by atoms with Gasteiger partial charge in [-0.15, -0.1) is 11.3 Å². The summed E-state index contributed by atoms with van der Waals surface area (Å²) in [6.45, 7) is 7.49. The molecule has 3 heterocycles. The first-order chi connectivity index (χ1) is 14.9. The van der Waals surface area contributed by atoms with Crippen LogP contribution < -0.4 is 11.1 Å². The monoisotopic (exact) mass is 440 g/mol.